The van der Waals surface area contributed by atoms with E-state index >= 15 is 0 Å². The van der Waals surface area contributed by atoms with E-state index in [4.69, 9.17) is 11.6 Å². The predicted octanol–water partition coefficient (Wildman–Crippen LogP) is 7.48. The Morgan fingerprint density at radius 1 is 1.07 bits per heavy atom. The number of H-pyrrole nitrogens is 1. The second-order valence-corrected chi connectivity index (χ2v) is 11.2. The number of nitriles is 1. The summed E-state index contributed by atoms with van der Waals surface area (Å²) in [5.41, 5.74) is 1.26. The van der Waals surface area contributed by atoms with Gasteiger partial charge >= 0.3 is 12.2 Å². The van der Waals surface area contributed by atoms with Gasteiger partial charge in [0.1, 0.15) is 17.7 Å². The number of carbonyl (C=O) groups excluding carboxylic acids is 2. The number of hydrogen-bond donors (Lipinski definition) is 3. The Hall–Kier alpha value is -5.48. The van der Waals surface area contributed by atoms with Crippen LogP contribution in [-0.4, -0.2) is 28.7 Å². The molecule has 1 atom stereocenters. The van der Waals surface area contributed by atoms with Crippen molar-refractivity contribution in [3.63, 3.8) is 0 Å². The molecular weight excluding hydrogens is 631 g/mol. The average Bonchev–Trinajstić information content (AvgIpc) is 3.68. The van der Waals surface area contributed by atoms with Crippen LogP contribution in [0.1, 0.15) is 44.2 Å². The summed E-state index contributed by atoms with van der Waals surface area (Å²) in [6.45, 7) is 0.219. The molecule has 0 spiro atoms. The molecule has 0 bridgehead atoms. The van der Waals surface area contributed by atoms with E-state index in [-0.39, 0.29) is 40.0 Å². The van der Waals surface area contributed by atoms with Gasteiger partial charge in [0.15, 0.2) is 0 Å². The van der Waals surface area contributed by atoms with Crippen LogP contribution in [0.15, 0.2) is 60.8 Å². The highest BCUT2D eigenvalue weighted by Crippen LogP contribution is 2.50. The van der Waals surface area contributed by atoms with Crippen molar-refractivity contribution in [1.82, 2.24) is 15.5 Å². The number of aromatic amines is 1. The molecule has 2 aliphatic heterocycles. The number of nitrogens with zero attached hydrogens (tertiary/aromatic N) is 3. The van der Waals surface area contributed by atoms with E-state index in [9.17, 15) is 36.8 Å². The third kappa shape index (κ3) is 4.69. The zero-order chi connectivity index (χ0) is 32.5. The van der Waals surface area contributed by atoms with Crippen molar-refractivity contribution in [2.75, 3.05) is 16.8 Å². The molecule has 8 nitrogen and oxygen atoms in total. The largest absolute Gasteiger partial charge is 0.416 e. The first-order valence-electron chi connectivity index (χ1n) is 13.7. The maximum absolute atomic E-state index is 14.5. The Morgan fingerprint density at radius 3 is 2.63 bits per heavy atom. The zero-order valence-electron chi connectivity index (χ0n) is 23.2. The number of nitrogens with one attached hydrogen (secondary N) is 3. The molecular formula is C32H18ClF5N6O2. The van der Waals surface area contributed by atoms with Crippen molar-refractivity contribution in [3.8, 4) is 17.2 Å². The lowest BCUT2D eigenvalue weighted by Gasteiger charge is -2.35. The molecule has 0 aliphatic carbocycles. The van der Waals surface area contributed by atoms with Gasteiger partial charge in [-0.15, -0.1) is 0 Å². The SMILES string of the molecule is N#Cc1c(-c2cc(NC(=O)c3cc(F)cc(C(F)(F)F)c3)c3c4c2CCN4C(=O)N[C@@H]3c2cc(F)ccc2Cl)ccc2[nH]ncc12. The third-order valence-electron chi connectivity index (χ3n) is 8.13. The van der Waals surface area contributed by atoms with Gasteiger partial charge in [0, 0.05) is 44.9 Å². The molecule has 3 amide bonds. The number of rotatable bonds is 4. The summed E-state index contributed by atoms with van der Waals surface area (Å²) >= 11 is 6.47. The highest BCUT2D eigenvalue weighted by Gasteiger charge is 2.41. The Labute approximate surface area is 261 Å². The highest BCUT2D eigenvalue weighted by atomic mass is 35.5. The molecule has 0 saturated heterocycles. The van der Waals surface area contributed by atoms with Crippen molar-refractivity contribution >= 4 is 45.8 Å². The molecule has 0 unspecified atom stereocenters. The van der Waals surface area contributed by atoms with E-state index in [0.717, 1.165) is 12.1 Å². The van der Waals surface area contributed by atoms with E-state index < -0.39 is 46.9 Å². The summed E-state index contributed by atoms with van der Waals surface area (Å²) in [4.78, 5) is 28.4. The van der Waals surface area contributed by atoms with Gasteiger partial charge in [-0.2, -0.15) is 23.5 Å². The monoisotopic (exact) mass is 648 g/mol. The molecule has 3 heterocycles. The fourth-order valence-corrected chi connectivity index (χ4v) is 6.37. The normalized spacial score (nSPS) is 15.5. The Kier molecular flexibility index (Phi) is 6.71. The van der Waals surface area contributed by atoms with Crippen LogP contribution in [0.25, 0.3) is 22.0 Å². The molecule has 46 heavy (non-hydrogen) atoms. The minimum absolute atomic E-state index is 0.0185. The second kappa shape index (κ2) is 10.6. The summed E-state index contributed by atoms with van der Waals surface area (Å²) in [5, 5.41) is 23.0. The summed E-state index contributed by atoms with van der Waals surface area (Å²) < 4.78 is 69.2. The predicted molar refractivity (Wildman–Crippen MR) is 158 cm³/mol. The van der Waals surface area contributed by atoms with E-state index in [0.29, 0.717) is 51.8 Å². The molecule has 230 valence electrons. The van der Waals surface area contributed by atoms with Gasteiger partial charge in [-0.3, -0.25) is 14.8 Å². The molecule has 0 radical (unpaired) electrons. The first-order valence-corrected chi connectivity index (χ1v) is 14.1. The molecule has 1 aromatic heterocycles. The van der Waals surface area contributed by atoms with Gasteiger partial charge in [0.05, 0.1) is 34.6 Å². The maximum Gasteiger partial charge on any atom is 0.416 e. The van der Waals surface area contributed by atoms with Crippen LogP contribution >= 0.6 is 11.6 Å². The lowest BCUT2D eigenvalue weighted by Crippen LogP contribution is -2.46. The molecule has 3 N–H and O–H groups in total. The number of hydrogen-bond acceptors (Lipinski definition) is 4. The van der Waals surface area contributed by atoms with Crippen molar-refractivity contribution in [1.29, 1.82) is 5.26 Å². The third-order valence-corrected chi connectivity index (χ3v) is 8.48. The fraction of sp³-hybridized carbons (Fsp3) is 0.125. The van der Waals surface area contributed by atoms with Crippen LogP contribution in [-0.2, 0) is 12.6 Å². The summed E-state index contributed by atoms with van der Waals surface area (Å²) in [6, 6.07) is 10.5. The molecule has 7 rings (SSSR count). The first kappa shape index (κ1) is 29.2. The lowest BCUT2D eigenvalue weighted by atomic mass is 9.86. The Bertz CT molecular complexity index is 2170. The summed E-state index contributed by atoms with van der Waals surface area (Å²) in [7, 11) is 0. The topological polar surface area (TPSA) is 114 Å². The number of aromatic nitrogens is 2. The van der Waals surface area contributed by atoms with Crippen LogP contribution in [0.2, 0.25) is 5.02 Å². The smallest absolute Gasteiger partial charge is 0.327 e. The number of amides is 3. The Balaban J connectivity index is 1.48. The maximum atomic E-state index is 14.5. The van der Waals surface area contributed by atoms with E-state index in [1.165, 1.54) is 17.2 Å². The molecule has 0 saturated carbocycles. The first-order chi connectivity index (χ1) is 21.9. The van der Waals surface area contributed by atoms with Crippen LogP contribution in [0, 0.1) is 23.0 Å². The quantitative estimate of drug-likeness (QED) is 0.175. The molecule has 4 aromatic carbocycles. The molecule has 0 fully saturated rings. The average molecular weight is 649 g/mol. The molecule has 2 aliphatic rings. The molecule has 14 heteroatoms. The van der Waals surface area contributed by atoms with Crippen LogP contribution < -0.4 is 15.5 Å². The standard InChI is InChI=1S/C32H18ClF5N6O2/c33-24-3-1-16(34)10-21(24)28-27-26(41-30(45)14-7-15(32(36,37)38)9-17(35)8-14)11-20(19-5-6-44(29(19)27)31(46)42-28)18-2-4-25-23(13-40-43-25)22(18)12-39/h1-4,7-11,13,28H,5-6H2,(H,40,43)(H,41,45)(H,42,46)/t28-/m1/s1. The summed E-state index contributed by atoms with van der Waals surface area (Å²) in [6.07, 6.45) is -3.09. The van der Waals surface area contributed by atoms with Crippen molar-refractivity contribution < 1.29 is 31.5 Å². The van der Waals surface area contributed by atoms with Gasteiger partial charge in [-0.05, 0) is 66.1 Å². The van der Waals surface area contributed by atoms with Gasteiger partial charge in [-0.1, -0.05) is 17.7 Å². The zero-order valence-corrected chi connectivity index (χ0v) is 23.9. The number of alkyl halides is 3. The number of fused-ring (bicyclic) bond motifs is 1. The van der Waals surface area contributed by atoms with Crippen molar-refractivity contribution in [3.05, 3.63) is 111 Å². The number of anilines is 2. The van der Waals surface area contributed by atoms with E-state index in [2.05, 4.69) is 26.9 Å². The number of urea groups is 1. The minimum atomic E-state index is -4.92. The van der Waals surface area contributed by atoms with Gasteiger partial charge in [-0.25, -0.2) is 13.6 Å². The lowest BCUT2D eigenvalue weighted by molar-refractivity contribution is -0.137. The summed E-state index contributed by atoms with van der Waals surface area (Å²) in [5.74, 6) is -3.00. The highest BCUT2D eigenvalue weighted by molar-refractivity contribution is 6.31. The number of halogens is 6. The van der Waals surface area contributed by atoms with Crippen LogP contribution in [0.3, 0.4) is 0 Å². The van der Waals surface area contributed by atoms with Crippen LogP contribution in [0.4, 0.5) is 38.1 Å². The Morgan fingerprint density at radius 2 is 1.87 bits per heavy atom. The second-order valence-electron chi connectivity index (χ2n) is 10.8. The van der Waals surface area contributed by atoms with Crippen LogP contribution in [0.5, 0.6) is 0 Å². The number of carbonyl (C=O) groups is 2. The van der Waals surface area contributed by atoms with Crippen molar-refractivity contribution in [2.24, 2.45) is 0 Å². The van der Waals surface area contributed by atoms with Crippen molar-refractivity contribution in [2.45, 2.75) is 18.6 Å². The van der Waals surface area contributed by atoms with Gasteiger partial charge < -0.3 is 10.6 Å². The number of benzene rings is 4. The van der Waals surface area contributed by atoms with Gasteiger partial charge in [0.2, 0.25) is 0 Å². The van der Waals surface area contributed by atoms with E-state index in [1.807, 2.05) is 0 Å². The van der Waals surface area contributed by atoms with Gasteiger partial charge in [0.25, 0.3) is 5.91 Å². The minimum Gasteiger partial charge on any atom is -0.327 e. The molecule has 5 aromatic rings. The fourth-order valence-electron chi connectivity index (χ4n) is 6.15. The van der Waals surface area contributed by atoms with E-state index in [1.54, 1.807) is 18.2 Å².